The zero-order chi connectivity index (χ0) is 10.8. The first-order valence-corrected chi connectivity index (χ1v) is 5.91. The molecule has 0 unspecified atom stereocenters. The molecule has 0 bridgehead atoms. The van der Waals surface area contributed by atoms with Gasteiger partial charge in [0, 0.05) is 18.4 Å². The Kier molecular flexibility index (Phi) is 9.34. The molecular weight excluding hydrogens is 250 g/mol. The molecule has 0 fully saturated rings. The van der Waals surface area contributed by atoms with Crippen molar-refractivity contribution in [3.05, 3.63) is 0 Å². The highest BCUT2D eigenvalue weighted by atomic mass is 79.9. The first kappa shape index (κ1) is 13.9. The summed E-state index contributed by atoms with van der Waals surface area (Å²) in [6.45, 7) is 4.73. The van der Waals surface area contributed by atoms with E-state index < -0.39 is 0 Å². The number of alkyl halides is 1. The fraction of sp³-hybridized carbons (Fsp3) is 0.889. The average Bonchev–Trinajstić information content (AvgIpc) is 2.17. The highest BCUT2D eigenvalue weighted by Crippen LogP contribution is 1.93. The molecule has 84 valence electrons. The van der Waals surface area contributed by atoms with E-state index >= 15 is 0 Å². The molecular formula is C9H18BrNO3. The molecule has 0 rings (SSSR count). The summed E-state index contributed by atoms with van der Waals surface area (Å²) in [5.41, 5.74) is 0. The number of likely N-dealkylation sites (N-methyl/N-ethyl adjacent to an activating group) is 1. The summed E-state index contributed by atoms with van der Waals surface area (Å²) in [5.74, 6) is -0.179. The third kappa shape index (κ3) is 7.29. The highest BCUT2D eigenvalue weighted by Gasteiger charge is 2.04. The van der Waals surface area contributed by atoms with Crippen molar-refractivity contribution in [1.82, 2.24) is 4.90 Å². The van der Waals surface area contributed by atoms with Crippen LogP contribution in [0.5, 0.6) is 0 Å². The summed E-state index contributed by atoms with van der Waals surface area (Å²) >= 11 is 3.17. The molecule has 1 N–H and O–H groups in total. The maximum atomic E-state index is 11.0. The van der Waals surface area contributed by atoms with Gasteiger partial charge in [-0.05, 0) is 6.54 Å². The van der Waals surface area contributed by atoms with Crippen LogP contribution in [0.4, 0.5) is 0 Å². The summed E-state index contributed by atoms with van der Waals surface area (Å²) in [4.78, 5) is 13.0. The minimum atomic E-state index is -0.179. The molecule has 0 saturated heterocycles. The van der Waals surface area contributed by atoms with Crippen LogP contribution in [0.2, 0.25) is 0 Å². The fourth-order valence-electron chi connectivity index (χ4n) is 1.01. The molecule has 14 heavy (non-hydrogen) atoms. The largest absolute Gasteiger partial charge is 0.464 e. The number of hydrogen-bond acceptors (Lipinski definition) is 4. The van der Waals surface area contributed by atoms with Crippen LogP contribution in [0.1, 0.15) is 13.3 Å². The maximum absolute atomic E-state index is 11.0. The molecule has 0 radical (unpaired) electrons. The zero-order valence-electron chi connectivity index (χ0n) is 8.54. The number of carbonyl (C=O) groups excluding carboxylic acids is 1. The van der Waals surface area contributed by atoms with Crippen molar-refractivity contribution >= 4 is 21.9 Å². The molecule has 0 spiro atoms. The van der Waals surface area contributed by atoms with E-state index in [0.717, 1.165) is 6.54 Å². The van der Waals surface area contributed by atoms with E-state index in [9.17, 15) is 4.79 Å². The monoisotopic (exact) mass is 267 g/mol. The third-order valence-corrected chi connectivity index (χ3v) is 2.23. The zero-order valence-corrected chi connectivity index (χ0v) is 10.1. The van der Waals surface area contributed by atoms with E-state index in [1.165, 1.54) is 0 Å². The highest BCUT2D eigenvalue weighted by molar-refractivity contribution is 9.09. The number of esters is 1. The molecule has 0 aliphatic heterocycles. The minimum Gasteiger partial charge on any atom is -0.464 e. The number of nitrogens with zero attached hydrogens (tertiary/aromatic N) is 1. The van der Waals surface area contributed by atoms with Gasteiger partial charge in [0.2, 0.25) is 0 Å². The molecule has 4 nitrogen and oxygen atoms in total. The first-order chi connectivity index (χ1) is 6.74. The predicted molar refractivity (Wildman–Crippen MR) is 58.6 cm³/mol. The van der Waals surface area contributed by atoms with Gasteiger partial charge in [0.25, 0.3) is 0 Å². The van der Waals surface area contributed by atoms with Crippen LogP contribution in [0, 0.1) is 0 Å². The topological polar surface area (TPSA) is 49.8 Å². The molecule has 0 amide bonds. The summed E-state index contributed by atoms with van der Waals surface area (Å²) < 4.78 is 4.97. The van der Waals surface area contributed by atoms with Gasteiger partial charge in [-0.2, -0.15) is 0 Å². The number of ether oxygens (including phenoxy) is 1. The van der Waals surface area contributed by atoms with Gasteiger partial charge in [-0.25, -0.2) is 0 Å². The molecule has 0 atom stereocenters. The van der Waals surface area contributed by atoms with Gasteiger partial charge in [-0.15, -0.1) is 0 Å². The van der Waals surface area contributed by atoms with E-state index in [1.54, 1.807) is 0 Å². The van der Waals surface area contributed by atoms with E-state index in [0.29, 0.717) is 31.4 Å². The standard InChI is InChI=1S/C9H18BrNO3/c1-2-11(5-7-12)6-8-14-9(13)3-4-10/h12H,2-8H2,1H3. The predicted octanol–water partition coefficient (Wildman–Crippen LogP) is 0.629. The number of carbonyl (C=O) groups is 1. The Labute approximate surface area is 93.4 Å². The molecule has 0 saturated carbocycles. The second kappa shape index (κ2) is 9.43. The number of rotatable bonds is 8. The van der Waals surface area contributed by atoms with Crippen LogP contribution in [-0.2, 0) is 9.53 Å². The van der Waals surface area contributed by atoms with Gasteiger partial charge in [-0.3, -0.25) is 9.69 Å². The Morgan fingerprint density at radius 2 is 2.21 bits per heavy atom. The quantitative estimate of drug-likeness (QED) is 0.518. The average molecular weight is 268 g/mol. The van der Waals surface area contributed by atoms with Crippen molar-refractivity contribution in [3.63, 3.8) is 0 Å². The van der Waals surface area contributed by atoms with Crippen molar-refractivity contribution in [2.24, 2.45) is 0 Å². The lowest BCUT2D eigenvalue weighted by Crippen LogP contribution is -2.30. The van der Waals surface area contributed by atoms with Crippen molar-refractivity contribution in [3.8, 4) is 0 Å². The normalized spacial score (nSPS) is 10.6. The van der Waals surface area contributed by atoms with Crippen LogP contribution in [-0.4, -0.2) is 54.2 Å². The summed E-state index contributed by atoms with van der Waals surface area (Å²) in [7, 11) is 0. The Balaban J connectivity index is 3.45. The lowest BCUT2D eigenvalue weighted by molar-refractivity contribution is -0.143. The third-order valence-electron chi connectivity index (χ3n) is 1.83. The smallest absolute Gasteiger partial charge is 0.306 e. The van der Waals surface area contributed by atoms with Crippen molar-refractivity contribution < 1.29 is 14.6 Å². The maximum Gasteiger partial charge on any atom is 0.306 e. The van der Waals surface area contributed by atoms with Crippen molar-refractivity contribution in [1.29, 1.82) is 0 Å². The molecule has 0 aromatic carbocycles. The molecule has 0 heterocycles. The van der Waals surface area contributed by atoms with Gasteiger partial charge in [0.1, 0.15) is 6.61 Å². The van der Waals surface area contributed by atoms with Crippen molar-refractivity contribution in [2.45, 2.75) is 13.3 Å². The van der Waals surface area contributed by atoms with Crippen molar-refractivity contribution in [2.75, 3.05) is 38.2 Å². The van der Waals surface area contributed by atoms with Gasteiger partial charge < -0.3 is 9.84 Å². The van der Waals surface area contributed by atoms with Crippen LogP contribution in [0.15, 0.2) is 0 Å². The SMILES string of the molecule is CCN(CCO)CCOC(=O)CCBr. The Morgan fingerprint density at radius 3 is 2.71 bits per heavy atom. The second-order valence-electron chi connectivity index (χ2n) is 2.82. The summed E-state index contributed by atoms with van der Waals surface area (Å²) in [6, 6.07) is 0. The van der Waals surface area contributed by atoms with E-state index in [1.807, 2.05) is 11.8 Å². The second-order valence-corrected chi connectivity index (χ2v) is 3.61. The lowest BCUT2D eigenvalue weighted by Gasteiger charge is -2.18. The number of aliphatic hydroxyl groups is 1. The van der Waals surface area contributed by atoms with Crippen LogP contribution < -0.4 is 0 Å². The van der Waals surface area contributed by atoms with Gasteiger partial charge in [-0.1, -0.05) is 22.9 Å². The van der Waals surface area contributed by atoms with Crippen LogP contribution in [0.25, 0.3) is 0 Å². The number of hydrogen-bond donors (Lipinski definition) is 1. The molecule has 0 aromatic heterocycles. The minimum absolute atomic E-state index is 0.142. The molecule has 5 heteroatoms. The van der Waals surface area contributed by atoms with E-state index in [2.05, 4.69) is 15.9 Å². The van der Waals surface area contributed by atoms with Gasteiger partial charge in [0.15, 0.2) is 0 Å². The van der Waals surface area contributed by atoms with E-state index in [-0.39, 0.29) is 12.6 Å². The van der Waals surface area contributed by atoms with E-state index in [4.69, 9.17) is 9.84 Å². The Bertz CT molecular complexity index is 155. The Hall–Kier alpha value is -0.130. The van der Waals surface area contributed by atoms with Gasteiger partial charge >= 0.3 is 5.97 Å². The molecule has 0 aliphatic carbocycles. The summed E-state index contributed by atoms with van der Waals surface area (Å²) in [5, 5.41) is 9.34. The van der Waals surface area contributed by atoms with Gasteiger partial charge in [0.05, 0.1) is 13.0 Å². The van der Waals surface area contributed by atoms with Crippen LogP contribution in [0.3, 0.4) is 0 Å². The number of aliphatic hydroxyl groups excluding tert-OH is 1. The number of halogens is 1. The summed E-state index contributed by atoms with van der Waals surface area (Å²) in [6.07, 6.45) is 0.409. The fourth-order valence-corrected chi connectivity index (χ4v) is 1.33. The lowest BCUT2D eigenvalue weighted by atomic mass is 10.4. The first-order valence-electron chi connectivity index (χ1n) is 4.79. The Morgan fingerprint density at radius 1 is 1.50 bits per heavy atom. The molecule has 0 aliphatic rings. The molecule has 0 aromatic rings. The van der Waals surface area contributed by atoms with Crippen LogP contribution >= 0.6 is 15.9 Å².